The van der Waals surface area contributed by atoms with E-state index in [4.69, 9.17) is 9.47 Å². The summed E-state index contributed by atoms with van der Waals surface area (Å²) in [7, 11) is 0. The van der Waals surface area contributed by atoms with Crippen molar-refractivity contribution < 1.29 is 14.3 Å². The van der Waals surface area contributed by atoms with E-state index >= 15 is 0 Å². The first-order valence-electron chi connectivity index (χ1n) is 9.90. The van der Waals surface area contributed by atoms with Crippen LogP contribution in [0.3, 0.4) is 0 Å². The molecule has 1 unspecified atom stereocenters. The highest BCUT2D eigenvalue weighted by atomic mass is 16.6. The molecule has 0 saturated heterocycles. The third-order valence-corrected chi connectivity index (χ3v) is 5.16. The molecule has 1 aromatic heterocycles. The molecule has 4 aromatic rings. The van der Waals surface area contributed by atoms with Crippen LogP contribution < -0.4 is 14.8 Å². The lowest BCUT2D eigenvalue weighted by Crippen LogP contribution is -2.40. The van der Waals surface area contributed by atoms with Crippen LogP contribution in [-0.2, 0) is 0 Å². The van der Waals surface area contributed by atoms with Crippen LogP contribution in [0.15, 0.2) is 72.8 Å². The van der Waals surface area contributed by atoms with Gasteiger partial charge in [0, 0.05) is 11.3 Å². The first-order chi connectivity index (χ1) is 14.7. The highest BCUT2D eigenvalue weighted by Crippen LogP contribution is 2.30. The number of fused-ring (bicyclic) bond motifs is 2. The van der Waals surface area contributed by atoms with Gasteiger partial charge in [0.15, 0.2) is 11.5 Å². The largest absolute Gasteiger partial charge is 0.486 e. The lowest BCUT2D eigenvalue weighted by molar-refractivity contribution is 0.0789. The predicted molar refractivity (Wildman–Crippen MR) is 114 cm³/mol. The van der Waals surface area contributed by atoms with Crippen LogP contribution in [0.2, 0.25) is 0 Å². The summed E-state index contributed by atoms with van der Waals surface area (Å²) in [5, 5.41) is 2.94. The van der Waals surface area contributed by atoms with Crippen LogP contribution in [0.5, 0.6) is 11.5 Å². The number of benzene rings is 3. The van der Waals surface area contributed by atoms with E-state index in [0.29, 0.717) is 24.5 Å². The molecule has 0 bridgehead atoms. The minimum absolute atomic E-state index is 0.161. The number of carbonyl (C=O) groups is 1. The fourth-order valence-corrected chi connectivity index (χ4v) is 3.72. The standard InChI is InChI=1S/C24H21N3O3/c1-16-26-20-13-17(11-12-21(20)27(16)18-7-3-2-4-8-18)24(28)25-14-19-15-29-22-9-5-6-10-23(22)30-19/h2-13,19H,14-15H2,1H3,(H,25,28). The third kappa shape index (κ3) is 3.37. The van der Waals surface area contributed by atoms with Crippen LogP contribution in [0, 0.1) is 6.92 Å². The molecule has 0 radical (unpaired) electrons. The molecule has 2 heterocycles. The van der Waals surface area contributed by atoms with Gasteiger partial charge in [0.05, 0.1) is 17.6 Å². The SMILES string of the molecule is Cc1nc2cc(C(=O)NCC3COc4ccccc4O3)ccc2n1-c1ccccc1. The summed E-state index contributed by atoms with van der Waals surface area (Å²) in [4.78, 5) is 17.3. The van der Waals surface area contributed by atoms with Gasteiger partial charge in [-0.3, -0.25) is 9.36 Å². The van der Waals surface area contributed by atoms with Crippen molar-refractivity contribution in [2.45, 2.75) is 13.0 Å². The van der Waals surface area contributed by atoms with Crippen molar-refractivity contribution in [3.63, 3.8) is 0 Å². The molecule has 1 N–H and O–H groups in total. The number of nitrogens with zero attached hydrogens (tertiary/aromatic N) is 2. The van der Waals surface area contributed by atoms with Crippen molar-refractivity contribution in [1.82, 2.24) is 14.9 Å². The molecule has 30 heavy (non-hydrogen) atoms. The molecule has 1 amide bonds. The quantitative estimate of drug-likeness (QED) is 0.565. The Balaban J connectivity index is 1.31. The molecule has 150 valence electrons. The van der Waals surface area contributed by atoms with Crippen molar-refractivity contribution in [3.8, 4) is 17.2 Å². The zero-order valence-corrected chi connectivity index (χ0v) is 16.5. The van der Waals surface area contributed by atoms with E-state index in [1.54, 1.807) is 0 Å². The predicted octanol–water partition coefficient (Wildman–Crippen LogP) is 3.90. The van der Waals surface area contributed by atoms with E-state index in [1.807, 2.05) is 79.7 Å². The highest BCUT2D eigenvalue weighted by molar-refractivity contribution is 5.97. The second-order valence-corrected chi connectivity index (χ2v) is 7.24. The molecule has 5 rings (SSSR count). The Morgan fingerprint density at radius 3 is 2.67 bits per heavy atom. The average molecular weight is 399 g/mol. The second-order valence-electron chi connectivity index (χ2n) is 7.24. The van der Waals surface area contributed by atoms with Gasteiger partial charge in [-0.2, -0.15) is 0 Å². The van der Waals surface area contributed by atoms with Gasteiger partial charge in [-0.15, -0.1) is 0 Å². The number of aryl methyl sites for hydroxylation is 1. The van der Waals surface area contributed by atoms with Crippen LogP contribution >= 0.6 is 0 Å². The average Bonchev–Trinajstić information content (AvgIpc) is 3.12. The minimum atomic E-state index is -0.230. The summed E-state index contributed by atoms with van der Waals surface area (Å²) in [6, 6.07) is 23.2. The topological polar surface area (TPSA) is 65.4 Å². The van der Waals surface area contributed by atoms with E-state index in [0.717, 1.165) is 28.3 Å². The summed E-state index contributed by atoms with van der Waals surface area (Å²) in [5.41, 5.74) is 3.37. The summed E-state index contributed by atoms with van der Waals surface area (Å²) in [5.74, 6) is 2.15. The first kappa shape index (κ1) is 18.2. The van der Waals surface area contributed by atoms with Crippen LogP contribution in [-0.4, -0.2) is 34.7 Å². The van der Waals surface area contributed by atoms with Crippen LogP contribution in [0.4, 0.5) is 0 Å². The lowest BCUT2D eigenvalue weighted by atomic mass is 10.1. The van der Waals surface area contributed by atoms with E-state index < -0.39 is 0 Å². The molecule has 6 nitrogen and oxygen atoms in total. The van der Waals surface area contributed by atoms with Crippen LogP contribution in [0.1, 0.15) is 16.2 Å². The number of hydrogen-bond acceptors (Lipinski definition) is 4. The van der Waals surface area contributed by atoms with E-state index in [2.05, 4.69) is 14.9 Å². The number of hydrogen-bond donors (Lipinski definition) is 1. The van der Waals surface area contributed by atoms with Crippen molar-refractivity contribution in [3.05, 3.63) is 84.2 Å². The van der Waals surface area contributed by atoms with Gasteiger partial charge in [-0.05, 0) is 49.4 Å². The number of aromatic nitrogens is 2. The highest BCUT2D eigenvalue weighted by Gasteiger charge is 2.21. The van der Waals surface area contributed by atoms with Crippen molar-refractivity contribution in [1.29, 1.82) is 0 Å². The number of nitrogens with one attached hydrogen (secondary N) is 1. The minimum Gasteiger partial charge on any atom is -0.486 e. The number of imidazole rings is 1. The van der Waals surface area contributed by atoms with Gasteiger partial charge in [0.2, 0.25) is 0 Å². The van der Waals surface area contributed by atoms with Gasteiger partial charge >= 0.3 is 0 Å². The molecular formula is C24H21N3O3. The smallest absolute Gasteiger partial charge is 0.251 e. The Kier molecular flexibility index (Phi) is 4.59. The van der Waals surface area contributed by atoms with Crippen molar-refractivity contribution in [2.75, 3.05) is 13.2 Å². The van der Waals surface area contributed by atoms with Gasteiger partial charge in [-0.25, -0.2) is 4.98 Å². The fraction of sp³-hybridized carbons (Fsp3) is 0.167. The monoisotopic (exact) mass is 399 g/mol. The first-order valence-corrected chi connectivity index (χ1v) is 9.90. The maximum atomic E-state index is 12.7. The van der Waals surface area contributed by atoms with E-state index in [-0.39, 0.29) is 12.0 Å². The molecule has 0 fully saturated rings. The Morgan fingerprint density at radius 2 is 1.83 bits per heavy atom. The maximum Gasteiger partial charge on any atom is 0.251 e. The lowest BCUT2D eigenvalue weighted by Gasteiger charge is -2.26. The molecule has 6 heteroatoms. The number of carbonyl (C=O) groups excluding carboxylic acids is 1. The van der Waals surface area contributed by atoms with E-state index in [1.165, 1.54) is 0 Å². The number of ether oxygens (including phenoxy) is 2. The number of amides is 1. The Labute approximate surface area is 174 Å². The Hall–Kier alpha value is -3.80. The summed E-state index contributed by atoms with van der Waals surface area (Å²) >= 11 is 0. The molecule has 0 aliphatic carbocycles. The zero-order valence-electron chi connectivity index (χ0n) is 16.5. The molecule has 1 aliphatic heterocycles. The Morgan fingerprint density at radius 1 is 1.07 bits per heavy atom. The Bertz CT molecular complexity index is 1220. The van der Waals surface area contributed by atoms with Gasteiger partial charge in [0.25, 0.3) is 5.91 Å². The van der Waals surface area contributed by atoms with Gasteiger partial charge in [-0.1, -0.05) is 30.3 Å². The van der Waals surface area contributed by atoms with Crippen molar-refractivity contribution >= 4 is 16.9 Å². The summed E-state index contributed by atoms with van der Waals surface area (Å²) in [6.07, 6.45) is -0.230. The number of para-hydroxylation sites is 3. The number of rotatable bonds is 4. The molecule has 0 spiro atoms. The zero-order chi connectivity index (χ0) is 20.5. The molecular weight excluding hydrogens is 378 g/mol. The summed E-state index contributed by atoms with van der Waals surface area (Å²) < 4.78 is 13.7. The molecule has 3 aromatic carbocycles. The second kappa shape index (κ2) is 7.55. The van der Waals surface area contributed by atoms with Crippen molar-refractivity contribution in [2.24, 2.45) is 0 Å². The molecule has 0 saturated carbocycles. The normalized spacial score (nSPS) is 15.2. The molecule has 1 aliphatic rings. The third-order valence-electron chi connectivity index (χ3n) is 5.16. The summed E-state index contributed by atoms with van der Waals surface area (Å²) in [6.45, 7) is 2.73. The molecule has 1 atom stereocenters. The van der Waals surface area contributed by atoms with Crippen LogP contribution in [0.25, 0.3) is 16.7 Å². The fourth-order valence-electron chi connectivity index (χ4n) is 3.72. The maximum absolute atomic E-state index is 12.7. The van der Waals surface area contributed by atoms with E-state index in [9.17, 15) is 4.79 Å². The van der Waals surface area contributed by atoms with Gasteiger partial charge in [0.1, 0.15) is 18.5 Å². The van der Waals surface area contributed by atoms with Gasteiger partial charge < -0.3 is 14.8 Å².